The standard InChI is InChI=1S/C25H18BrFN2O5/c1-33-20-8-6-19(7-9-20)29-24(31)21(23(30)28-25(29)32)13-16-12-17(26)5-10-22(16)34-14-15-3-2-4-18(27)11-15/h2-13H,14H2,1H3,(H,28,30,32)/b21-13+. The minimum Gasteiger partial charge on any atom is -0.497 e. The highest BCUT2D eigenvalue weighted by Gasteiger charge is 2.37. The van der Waals surface area contributed by atoms with Gasteiger partial charge in [-0.25, -0.2) is 14.1 Å². The third kappa shape index (κ3) is 4.99. The molecule has 1 N–H and O–H groups in total. The fourth-order valence-electron chi connectivity index (χ4n) is 3.33. The van der Waals surface area contributed by atoms with Crippen LogP contribution in [0.25, 0.3) is 6.08 Å². The predicted octanol–water partition coefficient (Wildman–Crippen LogP) is 4.84. The SMILES string of the molecule is COc1ccc(N2C(=O)NC(=O)/C(=C\c3cc(Br)ccc3OCc3cccc(F)c3)C2=O)cc1. The maximum absolute atomic E-state index is 13.5. The van der Waals surface area contributed by atoms with E-state index in [2.05, 4.69) is 21.2 Å². The Kier molecular flexibility index (Phi) is 6.74. The van der Waals surface area contributed by atoms with Crippen molar-refractivity contribution in [3.8, 4) is 11.5 Å². The van der Waals surface area contributed by atoms with Crippen molar-refractivity contribution in [2.75, 3.05) is 12.0 Å². The lowest BCUT2D eigenvalue weighted by Crippen LogP contribution is -2.54. The predicted molar refractivity (Wildman–Crippen MR) is 127 cm³/mol. The van der Waals surface area contributed by atoms with Crippen LogP contribution in [0.2, 0.25) is 0 Å². The van der Waals surface area contributed by atoms with Crippen molar-refractivity contribution in [2.45, 2.75) is 6.61 Å². The van der Waals surface area contributed by atoms with Gasteiger partial charge in [-0.15, -0.1) is 0 Å². The minimum absolute atomic E-state index is 0.0756. The number of nitrogens with one attached hydrogen (secondary N) is 1. The molecule has 0 unspecified atom stereocenters. The van der Waals surface area contributed by atoms with Crippen LogP contribution in [-0.2, 0) is 16.2 Å². The van der Waals surface area contributed by atoms with Crippen molar-refractivity contribution < 1.29 is 28.2 Å². The number of halogens is 2. The normalized spacial score (nSPS) is 14.9. The van der Waals surface area contributed by atoms with Crippen LogP contribution in [0.3, 0.4) is 0 Å². The van der Waals surface area contributed by atoms with Crippen LogP contribution < -0.4 is 19.7 Å². The molecule has 4 rings (SSSR count). The molecular formula is C25H18BrFN2O5. The van der Waals surface area contributed by atoms with Crippen LogP contribution in [-0.4, -0.2) is 25.0 Å². The second kappa shape index (κ2) is 9.88. The second-order valence-electron chi connectivity index (χ2n) is 7.26. The van der Waals surface area contributed by atoms with Gasteiger partial charge >= 0.3 is 6.03 Å². The third-order valence-electron chi connectivity index (χ3n) is 4.99. The number of imide groups is 2. The molecule has 3 aromatic carbocycles. The molecule has 1 aliphatic rings. The van der Waals surface area contributed by atoms with Gasteiger partial charge < -0.3 is 9.47 Å². The average Bonchev–Trinajstić information content (AvgIpc) is 2.81. The van der Waals surface area contributed by atoms with Gasteiger partial charge in [-0.2, -0.15) is 0 Å². The molecule has 9 heteroatoms. The summed E-state index contributed by atoms with van der Waals surface area (Å²) in [5.41, 5.74) is 1.07. The molecule has 1 aliphatic heterocycles. The number of ether oxygens (including phenoxy) is 2. The van der Waals surface area contributed by atoms with Crippen molar-refractivity contribution in [1.82, 2.24) is 5.32 Å². The zero-order valence-electron chi connectivity index (χ0n) is 17.9. The number of methoxy groups -OCH3 is 1. The van der Waals surface area contributed by atoms with Crippen LogP contribution >= 0.6 is 15.9 Å². The maximum atomic E-state index is 13.5. The molecular weight excluding hydrogens is 507 g/mol. The average molecular weight is 525 g/mol. The van der Waals surface area contributed by atoms with Crippen LogP contribution in [0.4, 0.5) is 14.9 Å². The van der Waals surface area contributed by atoms with Crippen molar-refractivity contribution in [3.05, 3.63) is 93.7 Å². The quantitative estimate of drug-likeness (QED) is 0.368. The summed E-state index contributed by atoms with van der Waals surface area (Å²) in [7, 11) is 1.50. The van der Waals surface area contributed by atoms with Crippen molar-refractivity contribution in [3.63, 3.8) is 0 Å². The Hall–Kier alpha value is -3.98. The molecule has 34 heavy (non-hydrogen) atoms. The van der Waals surface area contributed by atoms with E-state index in [9.17, 15) is 18.8 Å². The molecule has 1 saturated heterocycles. The number of barbiturate groups is 1. The van der Waals surface area contributed by atoms with Gasteiger partial charge in [0.25, 0.3) is 11.8 Å². The first kappa shape index (κ1) is 23.2. The number of urea groups is 1. The summed E-state index contributed by atoms with van der Waals surface area (Å²) in [6, 6.07) is 16.5. The molecule has 0 aromatic heterocycles. The van der Waals surface area contributed by atoms with Gasteiger partial charge in [-0.05, 0) is 66.2 Å². The highest BCUT2D eigenvalue weighted by atomic mass is 79.9. The van der Waals surface area contributed by atoms with Gasteiger partial charge in [0.1, 0.15) is 29.5 Å². The smallest absolute Gasteiger partial charge is 0.335 e. The number of hydrogen-bond acceptors (Lipinski definition) is 5. The number of carbonyl (C=O) groups excluding carboxylic acids is 3. The Morgan fingerprint density at radius 2 is 1.79 bits per heavy atom. The summed E-state index contributed by atoms with van der Waals surface area (Å²) >= 11 is 3.37. The lowest BCUT2D eigenvalue weighted by Gasteiger charge is -2.26. The van der Waals surface area contributed by atoms with E-state index in [0.29, 0.717) is 27.1 Å². The van der Waals surface area contributed by atoms with E-state index in [1.54, 1.807) is 42.5 Å². The first-order valence-electron chi connectivity index (χ1n) is 10.1. The summed E-state index contributed by atoms with van der Waals surface area (Å²) in [4.78, 5) is 39.0. The molecule has 0 saturated carbocycles. The van der Waals surface area contributed by atoms with Gasteiger partial charge in [-0.1, -0.05) is 28.1 Å². The van der Waals surface area contributed by atoms with E-state index in [-0.39, 0.29) is 23.7 Å². The number of amides is 4. The third-order valence-corrected chi connectivity index (χ3v) is 5.48. The van der Waals surface area contributed by atoms with Crippen LogP contribution in [0, 0.1) is 5.82 Å². The molecule has 4 amide bonds. The second-order valence-corrected chi connectivity index (χ2v) is 8.17. The minimum atomic E-state index is -0.853. The molecule has 1 heterocycles. The van der Waals surface area contributed by atoms with E-state index < -0.39 is 17.8 Å². The molecule has 172 valence electrons. The molecule has 0 bridgehead atoms. The van der Waals surface area contributed by atoms with Crippen molar-refractivity contribution >= 4 is 45.5 Å². The van der Waals surface area contributed by atoms with Crippen LogP contribution in [0.5, 0.6) is 11.5 Å². The van der Waals surface area contributed by atoms with Crippen LogP contribution in [0.1, 0.15) is 11.1 Å². The Morgan fingerprint density at radius 1 is 1.03 bits per heavy atom. The van der Waals surface area contributed by atoms with E-state index in [4.69, 9.17) is 9.47 Å². The summed E-state index contributed by atoms with van der Waals surface area (Å²) < 4.78 is 25.1. The number of rotatable bonds is 6. The highest BCUT2D eigenvalue weighted by molar-refractivity contribution is 9.10. The molecule has 0 atom stereocenters. The number of nitrogens with zero attached hydrogens (tertiary/aromatic N) is 1. The highest BCUT2D eigenvalue weighted by Crippen LogP contribution is 2.29. The van der Waals surface area contributed by atoms with Gasteiger partial charge in [0.15, 0.2) is 0 Å². The lowest BCUT2D eigenvalue weighted by atomic mass is 10.1. The Bertz CT molecular complexity index is 1310. The van der Waals surface area contributed by atoms with Gasteiger partial charge in [0.05, 0.1) is 12.8 Å². The maximum Gasteiger partial charge on any atom is 0.335 e. The molecule has 0 radical (unpaired) electrons. The number of anilines is 1. The van der Waals surface area contributed by atoms with E-state index in [1.165, 1.54) is 37.5 Å². The summed E-state index contributed by atoms with van der Waals surface area (Å²) in [5, 5.41) is 2.19. The summed E-state index contributed by atoms with van der Waals surface area (Å²) in [6.45, 7) is 0.0756. The summed E-state index contributed by atoms with van der Waals surface area (Å²) in [6.07, 6.45) is 1.35. The fraction of sp³-hybridized carbons (Fsp3) is 0.0800. The zero-order valence-corrected chi connectivity index (χ0v) is 19.5. The summed E-state index contributed by atoms with van der Waals surface area (Å²) in [5.74, 6) is -1.07. The van der Waals surface area contributed by atoms with Crippen LogP contribution in [0.15, 0.2) is 76.8 Å². The fourth-order valence-corrected chi connectivity index (χ4v) is 3.71. The molecule has 7 nitrogen and oxygen atoms in total. The molecule has 1 fully saturated rings. The Morgan fingerprint density at radius 3 is 2.50 bits per heavy atom. The van der Waals surface area contributed by atoms with E-state index in [1.807, 2.05) is 0 Å². The first-order chi connectivity index (χ1) is 16.4. The lowest BCUT2D eigenvalue weighted by molar-refractivity contribution is -0.122. The van der Waals surface area contributed by atoms with Crippen molar-refractivity contribution in [2.24, 2.45) is 0 Å². The Labute approximate surface area is 202 Å². The molecule has 0 spiro atoms. The largest absolute Gasteiger partial charge is 0.497 e. The number of benzene rings is 3. The van der Waals surface area contributed by atoms with Gasteiger partial charge in [-0.3, -0.25) is 14.9 Å². The van der Waals surface area contributed by atoms with E-state index in [0.717, 1.165) is 4.90 Å². The monoisotopic (exact) mass is 524 g/mol. The number of hydrogen-bond donors (Lipinski definition) is 1. The topological polar surface area (TPSA) is 84.9 Å². The first-order valence-corrected chi connectivity index (χ1v) is 10.9. The molecule has 0 aliphatic carbocycles. The van der Waals surface area contributed by atoms with Crippen molar-refractivity contribution in [1.29, 1.82) is 0 Å². The zero-order chi connectivity index (χ0) is 24.2. The van der Waals surface area contributed by atoms with Gasteiger partial charge in [0, 0.05) is 10.0 Å². The van der Waals surface area contributed by atoms with Gasteiger partial charge in [0.2, 0.25) is 0 Å². The Balaban J connectivity index is 1.66. The number of carbonyl (C=O) groups is 3. The van der Waals surface area contributed by atoms with E-state index >= 15 is 0 Å². The molecule has 3 aromatic rings.